The Kier molecular flexibility index (Phi) is 9.50. The summed E-state index contributed by atoms with van der Waals surface area (Å²) >= 11 is 0. The van der Waals surface area contributed by atoms with Gasteiger partial charge >= 0.3 is 0 Å². The van der Waals surface area contributed by atoms with E-state index in [0.29, 0.717) is 0 Å². The summed E-state index contributed by atoms with van der Waals surface area (Å²) in [4.78, 5) is 4.80. The van der Waals surface area contributed by atoms with E-state index in [-0.39, 0.29) is 5.41 Å². The standard InChI is InChI=1S/C63H46N2O/c1-63(2)59-40-52(64(49-18-7-4-8-19-49)50-32-28-46(29-33-50)45-26-24-44(25-27-45)43-14-5-3-6-15-43)36-38-55(59)56-39-37-53(41-60(56)63)65(61-22-13-17-47-16-9-10-20-54(47)61)51-34-30-48(31-35-51)58-42-66-62-23-12-11-21-57(58)62/h3-42H,1-2H3. The first-order valence-electron chi connectivity index (χ1n) is 22.7. The van der Waals surface area contributed by atoms with Crippen molar-refractivity contribution in [1.29, 1.82) is 0 Å². The number of nitrogens with zero attached hydrogens (tertiary/aromatic N) is 2. The van der Waals surface area contributed by atoms with Gasteiger partial charge in [-0.3, -0.25) is 0 Å². The zero-order chi connectivity index (χ0) is 44.2. The van der Waals surface area contributed by atoms with Crippen LogP contribution in [0.3, 0.4) is 0 Å². The lowest BCUT2D eigenvalue weighted by Gasteiger charge is -2.30. The van der Waals surface area contributed by atoms with Gasteiger partial charge < -0.3 is 14.2 Å². The minimum absolute atomic E-state index is 0.272. The predicted octanol–water partition coefficient (Wildman–Crippen LogP) is 17.8. The molecule has 0 radical (unpaired) electrons. The van der Waals surface area contributed by atoms with E-state index >= 15 is 0 Å². The van der Waals surface area contributed by atoms with Crippen LogP contribution in [0, 0.1) is 0 Å². The first-order chi connectivity index (χ1) is 32.5. The monoisotopic (exact) mass is 846 g/mol. The molecule has 0 N–H and O–H groups in total. The maximum atomic E-state index is 5.94. The molecule has 0 amide bonds. The summed E-state index contributed by atoms with van der Waals surface area (Å²) in [5.74, 6) is 0. The van der Waals surface area contributed by atoms with Gasteiger partial charge in [0.25, 0.3) is 0 Å². The number of hydrogen-bond acceptors (Lipinski definition) is 3. The molecule has 11 aromatic rings. The second kappa shape index (κ2) is 16.0. The minimum Gasteiger partial charge on any atom is -0.464 e. The molecule has 0 spiro atoms. The van der Waals surface area contributed by atoms with Crippen LogP contribution in [0.15, 0.2) is 247 Å². The molecule has 3 nitrogen and oxygen atoms in total. The second-order valence-electron chi connectivity index (χ2n) is 17.8. The van der Waals surface area contributed by atoms with Crippen molar-refractivity contribution in [3.8, 4) is 44.5 Å². The summed E-state index contributed by atoms with van der Waals surface area (Å²) in [6.07, 6.45) is 1.87. The van der Waals surface area contributed by atoms with Gasteiger partial charge in [0.05, 0.1) is 12.0 Å². The van der Waals surface area contributed by atoms with E-state index in [2.05, 4.69) is 248 Å². The van der Waals surface area contributed by atoms with Crippen molar-refractivity contribution in [2.75, 3.05) is 9.80 Å². The van der Waals surface area contributed by atoms with Crippen molar-refractivity contribution in [2.24, 2.45) is 0 Å². The summed E-state index contributed by atoms with van der Waals surface area (Å²) in [5, 5.41) is 3.52. The Balaban J connectivity index is 0.909. The SMILES string of the molecule is CC1(C)c2cc(N(c3ccccc3)c3ccc(-c4ccc(-c5ccccc5)cc4)cc3)ccc2-c2ccc(N(c3ccc(-c4coc5ccccc45)cc3)c3cccc4ccccc34)cc21. The number of para-hydroxylation sites is 2. The molecule has 0 unspecified atom stereocenters. The highest BCUT2D eigenvalue weighted by atomic mass is 16.3. The Hall–Kier alpha value is -8.40. The largest absolute Gasteiger partial charge is 0.464 e. The molecule has 1 heterocycles. The van der Waals surface area contributed by atoms with Crippen LogP contribution in [0.5, 0.6) is 0 Å². The fraction of sp³-hybridized carbons (Fsp3) is 0.0476. The summed E-state index contributed by atoms with van der Waals surface area (Å²) in [5.41, 5.74) is 19.6. The molecule has 12 rings (SSSR count). The molecule has 3 heteroatoms. The Bertz CT molecular complexity index is 3530. The Morgan fingerprint density at radius 1 is 0.333 bits per heavy atom. The van der Waals surface area contributed by atoms with Crippen LogP contribution in [-0.2, 0) is 5.41 Å². The van der Waals surface area contributed by atoms with Crippen molar-refractivity contribution < 1.29 is 4.42 Å². The predicted molar refractivity (Wildman–Crippen MR) is 277 cm³/mol. The van der Waals surface area contributed by atoms with Gasteiger partial charge in [-0.1, -0.05) is 178 Å². The average molecular weight is 847 g/mol. The molecule has 66 heavy (non-hydrogen) atoms. The van der Waals surface area contributed by atoms with Gasteiger partial charge in [0.2, 0.25) is 0 Å². The number of hydrogen-bond donors (Lipinski definition) is 0. The second-order valence-corrected chi connectivity index (χ2v) is 17.8. The summed E-state index contributed by atoms with van der Waals surface area (Å²) in [6.45, 7) is 4.75. The van der Waals surface area contributed by atoms with Crippen LogP contribution in [0.25, 0.3) is 66.2 Å². The molecule has 0 fully saturated rings. The molecular formula is C63H46N2O. The lowest BCUT2D eigenvalue weighted by atomic mass is 9.82. The van der Waals surface area contributed by atoms with Crippen molar-refractivity contribution in [3.63, 3.8) is 0 Å². The molecular weight excluding hydrogens is 801 g/mol. The first kappa shape index (κ1) is 39.2. The molecule has 1 aliphatic carbocycles. The van der Waals surface area contributed by atoms with Gasteiger partial charge in [-0.25, -0.2) is 0 Å². The zero-order valence-electron chi connectivity index (χ0n) is 36.9. The highest BCUT2D eigenvalue weighted by Gasteiger charge is 2.37. The topological polar surface area (TPSA) is 19.6 Å². The van der Waals surface area contributed by atoms with E-state index in [4.69, 9.17) is 4.42 Å². The number of benzene rings is 10. The van der Waals surface area contributed by atoms with Crippen molar-refractivity contribution in [3.05, 3.63) is 254 Å². The molecule has 0 bridgehead atoms. The Morgan fingerprint density at radius 3 is 1.44 bits per heavy atom. The molecule has 1 aliphatic rings. The fourth-order valence-corrected chi connectivity index (χ4v) is 10.1. The number of fused-ring (bicyclic) bond motifs is 5. The van der Waals surface area contributed by atoms with Crippen molar-refractivity contribution >= 4 is 55.9 Å². The third kappa shape index (κ3) is 6.76. The summed E-state index contributed by atoms with van der Waals surface area (Å²) in [6, 6.07) is 85.6. The van der Waals surface area contributed by atoms with E-state index in [1.807, 2.05) is 18.4 Å². The molecule has 0 saturated heterocycles. The van der Waals surface area contributed by atoms with E-state index in [0.717, 1.165) is 56.2 Å². The van der Waals surface area contributed by atoms with Crippen LogP contribution in [0.1, 0.15) is 25.0 Å². The number of rotatable bonds is 9. The maximum absolute atomic E-state index is 5.94. The van der Waals surface area contributed by atoms with Crippen LogP contribution < -0.4 is 9.80 Å². The van der Waals surface area contributed by atoms with E-state index in [1.165, 1.54) is 55.3 Å². The molecule has 1 aromatic heterocycles. The summed E-state index contributed by atoms with van der Waals surface area (Å²) in [7, 11) is 0. The molecule has 0 aliphatic heterocycles. The lowest BCUT2D eigenvalue weighted by molar-refractivity contribution is 0.617. The highest BCUT2D eigenvalue weighted by Crippen LogP contribution is 2.53. The first-order valence-corrected chi connectivity index (χ1v) is 22.7. The highest BCUT2D eigenvalue weighted by molar-refractivity contribution is 6.00. The van der Waals surface area contributed by atoms with Crippen LogP contribution in [0.4, 0.5) is 34.1 Å². The smallest absolute Gasteiger partial charge is 0.134 e. The van der Waals surface area contributed by atoms with E-state index in [1.54, 1.807) is 0 Å². The van der Waals surface area contributed by atoms with Gasteiger partial charge in [0.1, 0.15) is 5.58 Å². The van der Waals surface area contributed by atoms with Crippen LogP contribution in [0.2, 0.25) is 0 Å². The van der Waals surface area contributed by atoms with Gasteiger partial charge in [-0.05, 0) is 128 Å². The lowest BCUT2D eigenvalue weighted by Crippen LogP contribution is -2.17. The molecule has 314 valence electrons. The normalized spacial score (nSPS) is 12.5. The van der Waals surface area contributed by atoms with Gasteiger partial charge in [-0.2, -0.15) is 0 Å². The minimum atomic E-state index is -0.272. The Labute approximate surface area is 386 Å². The maximum Gasteiger partial charge on any atom is 0.134 e. The van der Waals surface area contributed by atoms with Crippen molar-refractivity contribution in [1.82, 2.24) is 0 Å². The van der Waals surface area contributed by atoms with Crippen LogP contribution >= 0.6 is 0 Å². The third-order valence-corrected chi connectivity index (χ3v) is 13.5. The summed E-state index contributed by atoms with van der Waals surface area (Å²) < 4.78 is 5.94. The van der Waals surface area contributed by atoms with E-state index in [9.17, 15) is 0 Å². The third-order valence-electron chi connectivity index (χ3n) is 13.5. The Morgan fingerprint density at radius 2 is 0.788 bits per heavy atom. The molecule has 0 saturated carbocycles. The van der Waals surface area contributed by atoms with Crippen molar-refractivity contribution in [2.45, 2.75) is 19.3 Å². The average Bonchev–Trinajstić information content (AvgIpc) is 3.91. The quantitative estimate of drug-likeness (QED) is 0.144. The fourth-order valence-electron chi connectivity index (χ4n) is 10.1. The van der Waals surface area contributed by atoms with Gasteiger partial charge in [-0.15, -0.1) is 0 Å². The van der Waals surface area contributed by atoms with Gasteiger partial charge in [0, 0.05) is 50.2 Å². The molecule has 0 atom stereocenters. The van der Waals surface area contributed by atoms with E-state index < -0.39 is 0 Å². The number of furan rings is 1. The molecule has 10 aromatic carbocycles. The van der Waals surface area contributed by atoms with Crippen LogP contribution in [-0.4, -0.2) is 0 Å². The number of anilines is 6. The zero-order valence-corrected chi connectivity index (χ0v) is 36.9. The van der Waals surface area contributed by atoms with Gasteiger partial charge in [0.15, 0.2) is 0 Å².